The summed E-state index contributed by atoms with van der Waals surface area (Å²) in [6.45, 7) is 2.00. The normalized spacial score (nSPS) is 18.8. The van der Waals surface area contributed by atoms with Gasteiger partial charge < -0.3 is 27.4 Å². The van der Waals surface area contributed by atoms with E-state index in [9.17, 15) is 16.8 Å². The van der Waals surface area contributed by atoms with Gasteiger partial charge in [-0.05, 0) is 48.5 Å². The lowest BCUT2D eigenvalue weighted by Gasteiger charge is -2.26. The fourth-order valence-corrected chi connectivity index (χ4v) is 5.90. The summed E-state index contributed by atoms with van der Waals surface area (Å²) in [6.07, 6.45) is 0. The number of sulfonamides is 2. The van der Waals surface area contributed by atoms with E-state index in [1.54, 1.807) is 24.3 Å². The Bertz CT molecular complexity index is 1020. The van der Waals surface area contributed by atoms with E-state index in [1.807, 2.05) is 0 Å². The van der Waals surface area contributed by atoms with Crippen LogP contribution in [0, 0.1) is 0 Å². The second kappa shape index (κ2) is 11.9. The van der Waals surface area contributed by atoms with E-state index in [-0.39, 0.29) is 43.0 Å². The van der Waals surface area contributed by atoms with Crippen molar-refractivity contribution >= 4 is 31.4 Å². The van der Waals surface area contributed by atoms with Crippen molar-refractivity contribution in [1.82, 2.24) is 29.9 Å². The van der Waals surface area contributed by atoms with Crippen LogP contribution in [-0.4, -0.2) is 78.3 Å². The number of rotatable bonds is 4. The summed E-state index contributed by atoms with van der Waals surface area (Å²) in [5, 5.41) is 12.3. The summed E-state index contributed by atoms with van der Waals surface area (Å²) >= 11 is 0. The number of nitrogens with zero attached hydrogens (tertiary/aromatic N) is 2. The molecule has 12 nitrogen and oxygen atoms in total. The van der Waals surface area contributed by atoms with Crippen molar-refractivity contribution < 1.29 is 16.8 Å². The number of nitrogen functional groups attached to an aromatic ring is 2. The third-order valence-electron chi connectivity index (χ3n) is 5.17. The summed E-state index contributed by atoms with van der Waals surface area (Å²) in [5.74, 6) is 0. The van der Waals surface area contributed by atoms with Crippen LogP contribution in [-0.2, 0) is 20.0 Å². The Morgan fingerprint density at radius 1 is 0.588 bits per heavy atom. The lowest BCUT2D eigenvalue weighted by atomic mass is 10.3. The Hall–Kier alpha value is -2.30. The molecule has 0 unspecified atom stereocenters. The monoisotopic (exact) mass is 512 g/mol. The SMILES string of the molecule is Nc1ccc(S(=O)(=O)N2CCNCNCN(S(=O)(=O)c3ccc(N)cc3)CNCCNC2)cc1. The molecule has 14 heteroatoms. The van der Waals surface area contributed by atoms with E-state index in [2.05, 4.69) is 21.3 Å². The molecule has 0 spiro atoms. The van der Waals surface area contributed by atoms with Crippen LogP contribution in [0.2, 0.25) is 0 Å². The lowest BCUT2D eigenvalue weighted by Crippen LogP contribution is -2.49. The molecule has 34 heavy (non-hydrogen) atoms. The number of anilines is 2. The number of nitrogens with one attached hydrogen (secondary N) is 4. The second-order valence-corrected chi connectivity index (χ2v) is 11.6. The van der Waals surface area contributed by atoms with Crippen molar-refractivity contribution in [3.8, 4) is 0 Å². The summed E-state index contributed by atoms with van der Waals surface area (Å²) in [4.78, 5) is 0.324. The van der Waals surface area contributed by atoms with Gasteiger partial charge in [0.05, 0.1) is 29.8 Å². The van der Waals surface area contributed by atoms with Crippen LogP contribution in [0.25, 0.3) is 0 Å². The van der Waals surface area contributed by atoms with E-state index >= 15 is 0 Å². The van der Waals surface area contributed by atoms with Crippen molar-refractivity contribution in [2.24, 2.45) is 0 Å². The van der Waals surface area contributed by atoms with Crippen molar-refractivity contribution in [2.75, 3.05) is 64.3 Å². The Morgan fingerprint density at radius 2 is 1.03 bits per heavy atom. The van der Waals surface area contributed by atoms with Crippen LogP contribution in [0.3, 0.4) is 0 Å². The Morgan fingerprint density at radius 3 is 1.56 bits per heavy atom. The van der Waals surface area contributed by atoms with Gasteiger partial charge in [0, 0.05) is 44.2 Å². The van der Waals surface area contributed by atoms with E-state index < -0.39 is 20.0 Å². The molecule has 1 aliphatic rings. The Balaban J connectivity index is 1.64. The molecule has 1 saturated heterocycles. The fourth-order valence-electron chi connectivity index (χ4n) is 3.23. The van der Waals surface area contributed by atoms with E-state index in [0.29, 0.717) is 31.0 Å². The average molecular weight is 513 g/mol. The predicted octanol–water partition coefficient (Wildman–Crippen LogP) is -1.27. The maximum Gasteiger partial charge on any atom is 0.245 e. The summed E-state index contributed by atoms with van der Waals surface area (Å²) in [7, 11) is -7.45. The van der Waals surface area contributed by atoms with E-state index in [4.69, 9.17) is 11.5 Å². The molecule has 0 aliphatic carbocycles. The van der Waals surface area contributed by atoms with Crippen LogP contribution in [0.4, 0.5) is 11.4 Å². The summed E-state index contributed by atoms with van der Waals surface area (Å²) in [5.41, 5.74) is 12.3. The van der Waals surface area contributed by atoms with Gasteiger partial charge in [0.25, 0.3) is 0 Å². The summed E-state index contributed by atoms with van der Waals surface area (Å²) < 4.78 is 54.8. The Labute approximate surface area is 200 Å². The largest absolute Gasteiger partial charge is 0.399 e. The topological polar surface area (TPSA) is 175 Å². The lowest BCUT2D eigenvalue weighted by molar-refractivity contribution is 0.329. The van der Waals surface area contributed by atoms with Gasteiger partial charge in [-0.2, -0.15) is 8.61 Å². The van der Waals surface area contributed by atoms with Crippen molar-refractivity contribution in [3.05, 3.63) is 48.5 Å². The first-order chi connectivity index (χ1) is 16.2. The molecule has 1 aliphatic heterocycles. The van der Waals surface area contributed by atoms with Crippen molar-refractivity contribution in [3.63, 3.8) is 0 Å². The molecule has 1 heterocycles. The van der Waals surface area contributed by atoms with Gasteiger partial charge >= 0.3 is 0 Å². The van der Waals surface area contributed by atoms with Crippen LogP contribution < -0.4 is 32.7 Å². The smallest absolute Gasteiger partial charge is 0.245 e. The first kappa shape index (κ1) is 26.3. The number of hydrogen-bond donors (Lipinski definition) is 6. The standard InChI is InChI=1S/C20H32N8O4S2/c21-17-1-5-19(6-2-17)33(29,30)27-12-11-23-13-26-16-28(15-25-10-9-24-14-27)34(31,32)20-7-3-18(22)4-8-20/h1-8,23-26H,9-16,21-22H2. The van der Waals surface area contributed by atoms with Crippen LogP contribution >= 0.6 is 0 Å². The highest BCUT2D eigenvalue weighted by Gasteiger charge is 2.25. The van der Waals surface area contributed by atoms with Gasteiger partial charge in [0.1, 0.15) is 0 Å². The minimum absolute atomic E-state index is 0.0631. The quantitative estimate of drug-likeness (QED) is 0.271. The van der Waals surface area contributed by atoms with Crippen molar-refractivity contribution in [2.45, 2.75) is 9.79 Å². The highest BCUT2D eigenvalue weighted by molar-refractivity contribution is 7.89. The van der Waals surface area contributed by atoms with Gasteiger partial charge in [0.15, 0.2) is 0 Å². The highest BCUT2D eigenvalue weighted by Crippen LogP contribution is 2.17. The predicted molar refractivity (Wildman–Crippen MR) is 131 cm³/mol. The van der Waals surface area contributed by atoms with Gasteiger partial charge in [-0.3, -0.25) is 5.32 Å². The first-order valence-corrected chi connectivity index (χ1v) is 13.6. The zero-order valence-corrected chi connectivity index (χ0v) is 20.4. The molecule has 3 rings (SSSR count). The van der Waals surface area contributed by atoms with Gasteiger partial charge in [-0.15, -0.1) is 0 Å². The number of hydrogen-bond acceptors (Lipinski definition) is 10. The molecule has 2 aromatic carbocycles. The first-order valence-electron chi connectivity index (χ1n) is 10.8. The molecule has 0 saturated carbocycles. The molecule has 188 valence electrons. The zero-order valence-electron chi connectivity index (χ0n) is 18.8. The third-order valence-corrected chi connectivity index (χ3v) is 8.83. The second-order valence-electron chi connectivity index (χ2n) is 7.68. The molecule has 0 aromatic heterocycles. The number of nitrogens with two attached hydrogens (primary N) is 2. The van der Waals surface area contributed by atoms with Crippen LogP contribution in [0.1, 0.15) is 0 Å². The minimum Gasteiger partial charge on any atom is -0.399 e. The highest BCUT2D eigenvalue weighted by atomic mass is 32.2. The van der Waals surface area contributed by atoms with Crippen molar-refractivity contribution in [1.29, 1.82) is 0 Å². The number of benzene rings is 2. The Kier molecular flexibility index (Phi) is 9.21. The van der Waals surface area contributed by atoms with Gasteiger partial charge in [-0.1, -0.05) is 0 Å². The van der Waals surface area contributed by atoms with Crippen LogP contribution in [0.5, 0.6) is 0 Å². The van der Waals surface area contributed by atoms with Crippen LogP contribution in [0.15, 0.2) is 58.3 Å². The maximum atomic E-state index is 13.1. The third kappa shape index (κ3) is 6.86. The molecule has 8 N–H and O–H groups in total. The zero-order chi connectivity index (χ0) is 24.6. The molecular weight excluding hydrogens is 480 g/mol. The fraction of sp³-hybridized carbons (Fsp3) is 0.400. The molecule has 0 radical (unpaired) electrons. The molecule has 1 fully saturated rings. The molecule has 0 bridgehead atoms. The minimum atomic E-state index is -3.74. The average Bonchev–Trinajstić information content (AvgIpc) is 2.80. The molecule has 0 atom stereocenters. The molecular formula is C20H32N8O4S2. The summed E-state index contributed by atoms with van der Waals surface area (Å²) in [6, 6.07) is 12.1. The molecule has 0 amide bonds. The van der Waals surface area contributed by atoms with E-state index in [1.165, 1.54) is 32.9 Å². The van der Waals surface area contributed by atoms with E-state index in [0.717, 1.165) is 0 Å². The molecule has 2 aromatic rings. The maximum absolute atomic E-state index is 13.1. The van der Waals surface area contributed by atoms with Gasteiger partial charge in [0.2, 0.25) is 20.0 Å². The van der Waals surface area contributed by atoms with Gasteiger partial charge in [-0.25, -0.2) is 16.8 Å².